The third-order valence-corrected chi connectivity index (χ3v) is 4.39. The quantitative estimate of drug-likeness (QED) is 0.866. The summed E-state index contributed by atoms with van der Waals surface area (Å²) in [5.41, 5.74) is 3.71. The number of rotatable bonds is 2. The van der Waals surface area contributed by atoms with Gasteiger partial charge in [0.1, 0.15) is 5.82 Å². The van der Waals surface area contributed by atoms with Crippen molar-refractivity contribution < 1.29 is 4.74 Å². The fourth-order valence-electron chi connectivity index (χ4n) is 2.99. The lowest BCUT2D eigenvalue weighted by atomic mass is 9.93. The van der Waals surface area contributed by atoms with Crippen LogP contribution >= 0.6 is 0 Å². The molecule has 0 unspecified atom stereocenters. The van der Waals surface area contributed by atoms with Gasteiger partial charge in [-0.3, -0.25) is 0 Å². The summed E-state index contributed by atoms with van der Waals surface area (Å²) < 4.78 is 5.42. The van der Waals surface area contributed by atoms with Crippen molar-refractivity contribution in [2.45, 2.75) is 24.7 Å². The number of hydrogen-bond acceptors (Lipinski definition) is 3. The Morgan fingerprint density at radius 1 is 1.11 bits per heavy atom. The third-order valence-electron chi connectivity index (χ3n) is 4.39. The first kappa shape index (κ1) is 11.4. The van der Waals surface area contributed by atoms with Crippen molar-refractivity contribution in [2.75, 3.05) is 26.3 Å². The monoisotopic (exact) mass is 257 g/mol. The Hall–Kier alpha value is -1.39. The maximum Gasteiger partial charge on any atom is 0.110 e. The summed E-state index contributed by atoms with van der Waals surface area (Å²) in [4.78, 5) is 8.28. The van der Waals surface area contributed by atoms with Crippen LogP contribution in [0.4, 0.5) is 0 Å². The Morgan fingerprint density at radius 2 is 1.95 bits per heavy atom. The second-order valence-electron chi connectivity index (χ2n) is 5.64. The number of fused-ring (bicyclic) bond motifs is 1. The molecule has 2 saturated heterocycles. The minimum Gasteiger partial charge on any atom is -0.381 e. The highest BCUT2D eigenvalue weighted by molar-refractivity contribution is 5.76. The average molecular weight is 257 g/mol. The number of nitrogens with one attached hydrogen (secondary N) is 2. The van der Waals surface area contributed by atoms with E-state index in [9.17, 15) is 0 Å². The molecule has 3 heterocycles. The van der Waals surface area contributed by atoms with Crippen LogP contribution in [0.15, 0.2) is 18.2 Å². The van der Waals surface area contributed by atoms with E-state index in [2.05, 4.69) is 28.5 Å². The van der Waals surface area contributed by atoms with Gasteiger partial charge >= 0.3 is 0 Å². The Morgan fingerprint density at radius 3 is 2.68 bits per heavy atom. The van der Waals surface area contributed by atoms with Crippen molar-refractivity contribution >= 4 is 11.0 Å². The van der Waals surface area contributed by atoms with Crippen molar-refractivity contribution in [2.24, 2.45) is 0 Å². The van der Waals surface area contributed by atoms with E-state index in [4.69, 9.17) is 9.72 Å². The van der Waals surface area contributed by atoms with Gasteiger partial charge in [0.25, 0.3) is 0 Å². The van der Waals surface area contributed by atoms with E-state index in [-0.39, 0.29) is 0 Å². The second-order valence-corrected chi connectivity index (χ2v) is 5.64. The summed E-state index contributed by atoms with van der Waals surface area (Å²) in [6.45, 7) is 3.93. The summed E-state index contributed by atoms with van der Waals surface area (Å²) in [6, 6.07) is 6.65. The van der Waals surface area contributed by atoms with Gasteiger partial charge in [0.15, 0.2) is 0 Å². The molecule has 0 aliphatic carbocycles. The number of imidazole rings is 1. The molecule has 4 rings (SSSR count). The molecular formula is C15H19N3O. The molecule has 2 N–H and O–H groups in total. The van der Waals surface area contributed by atoms with Gasteiger partial charge in [0.05, 0.1) is 11.0 Å². The summed E-state index contributed by atoms with van der Waals surface area (Å²) in [6.07, 6.45) is 2.17. The van der Waals surface area contributed by atoms with E-state index in [1.165, 1.54) is 11.1 Å². The molecule has 0 spiro atoms. The van der Waals surface area contributed by atoms with Gasteiger partial charge in [-0.1, -0.05) is 6.07 Å². The van der Waals surface area contributed by atoms with E-state index >= 15 is 0 Å². The van der Waals surface area contributed by atoms with Gasteiger partial charge in [-0.2, -0.15) is 0 Å². The summed E-state index contributed by atoms with van der Waals surface area (Å²) in [5.74, 6) is 2.36. The number of aromatic amines is 1. The van der Waals surface area contributed by atoms with Crippen LogP contribution in [0.5, 0.6) is 0 Å². The first-order chi connectivity index (χ1) is 9.40. The lowest BCUT2D eigenvalue weighted by molar-refractivity contribution is 0.0838. The topological polar surface area (TPSA) is 49.9 Å². The van der Waals surface area contributed by atoms with Gasteiger partial charge in [0, 0.05) is 38.1 Å². The highest BCUT2D eigenvalue weighted by Crippen LogP contribution is 2.28. The van der Waals surface area contributed by atoms with Gasteiger partial charge in [-0.25, -0.2) is 4.98 Å². The fourth-order valence-corrected chi connectivity index (χ4v) is 2.99. The van der Waals surface area contributed by atoms with Crippen molar-refractivity contribution in [3.05, 3.63) is 29.6 Å². The number of ether oxygens (including phenoxy) is 1. The molecular weight excluding hydrogens is 238 g/mol. The van der Waals surface area contributed by atoms with Crippen LogP contribution in [0.3, 0.4) is 0 Å². The molecule has 19 heavy (non-hydrogen) atoms. The summed E-state index contributed by atoms with van der Waals surface area (Å²) in [7, 11) is 0. The van der Waals surface area contributed by atoms with Crippen LogP contribution in [0.1, 0.15) is 36.1 Å². The van der Waals surface area contributed by atoms with E-state index in [1.54, 1.807) is 0 Å². The first-order valence-electron chi connectivity index (χ1n) is 7.18. The van der Waals surface area contributed by atoms with Crippen molar-refractivity contribution in [3.63, 3.8) is 0 Å². The second kappa shape index (κ2) is 4.62. The van der Waals surface area contributed by atoms with Crippen molar-refractivity contribution in [1.29, 1.82) is 0 Å². The van der Waals surface area contributed by atoms with Crippen LogP contribution in [-0.4, -0.2) is 36.3 Å². The standard InChI is InChI=1S/C15H19N3O/c1-2-13-14(7-11(1)12-8-16-9-12)18-15(17-13)10-3-5-19-6-4-10/h1-2,7,10,12,16H,3-6,8-9H2,(H,17,18). The Bertz CT molecular complexity index is 582. The lowest BCUT2D eigenvalue weighted by Crippen LogP contribution is -2.39. The molecule has 4 heteroatoms. The smallest absolute Gasteiger partial charge is 0.110 e. The number of benzene rings is 1. The minimum absolute atomic E-state index is 0.537. The average Bonchev–Trinajstić information content (AvgIpc) is 2.81. The van der Waals surface area contributed by atoms with Crippen LogP contribution in [0, 0.1) is 0 Å². The number of H-pyrrole nitrogens is 1. The molecule has 2 fully saturated rings. The molecule has 100 valence electrons. The van der Waals surface area contributed by atoms with Gasteiger partial charge in [-0.15, -0.1) is 0 Å². The van der Waals surface area contributed by atoms with E-state index in [0.717, 1.165) is 50.5 Å². The van der Waals surface area contributed by atoms with Crippen molar-refractivity contribution in [3.8, 4) is 0 Å². The molecule has 1 aromatic heterocycles. The zero-order valence-corrected chi connectivity index (χ0v) is 11.0. The van der Waals surface area contributed by atoms with Gasteiger partial charge < -0.3 is 15.0 Å². The molecule has 0 amide bonds. The van der Waals surface area contributed by atoms with E-state index in [1.807, 2.05) is 0 Å². The van der Waals surface area contributed by atoms with Gasteiger partial charge in [-0.05, 0) is 30.5 Å². The summed E-state index contributed by atoms with van der Waals surface area (Å²) in [5, 5.41) is 3.32. The molecule has 1 aromatic carbocycles. The molecule has 0 radical (unpaired) electrons. The Balaban J connectivity index is 1.66. The van der Waals surface area contributed by atoms with Crippen LogP contribution in [0.2, 0.25) is 0 Å². The molecule has 2 aliphatic rings. The van der Waals surface area contributed by atoms with Crippen LogP contribution in [0.25, 0.3) is 11.0 Å². The predicted molar refractivity (Wildman–Crippen MR) is 74.5 cm³/mol. The maximum absolute atomic E-state index is 5.42. The zero-order chi connectivity index (χ0) is 12.7. The third kappa shape index (κ3) is 2.05. The number of hydrogen-bond donors (Lipinski definition) is 2. The largest absolute Gasteiger partial charge is 0.381 e. The molecule has 0 atom stereocenters. The number of nitrogens with zero attached hydrogens (tertiary/aromatic N) is 1. The Kier molecular flexibility index (Phi) is 2.78. The Labute approximate surface area is 112 Å². The van der Waals surface area contributed by atoms with E-state index in [0.29, 0.717) is 11.8 Å². The van der Waals surface area contributed by atoms with Gasteiger partial charge in [0.2, 0.25) is 0 Å². The molecule has 2 aliphatic heterocycles. The lowest BCUT2D eigenvalue weighted by Gasteiger charge is -2.27. The SMILES string of the molecule is c1cc2nc(C3CCOCC3)[nH]c2cc1C1CNC1. The fraction of sp³-hybridized carbons (Fsp3) is 0.533. The highest BCUT2D eigenvalue weighted by Gasteiger charge is 2.21. The van der Waals surface area contributed by atoms with E-state index < -0.39 is 0 Å². The van der Waals surface area contributed by atoms with Crippen molar-refractivity contribution in [1.82, 2.24) is 15.3 Å². The molecule has 2 aromatic rings. The zero-order valence-electron chi connectivity index (χ0n) is 11.0. The predicted octanol–water partition coefficient (Wildman–Crippen LogP) is 2.14. The highest BCUT2D eigenvalue weighted by atomic mass is 16.5. The molecule has 0 bridgehead atoms. The van der Waals surface area contributed by atoms with Crippen LogP contribution in [-0.2, 0) is 4.74 Å². The number of aromatic nitrogens is 2. The molecule has 4 nitrogen and oxygen atoms in total. The minimum atomic E-state index is 0.537. The maximum atomic E-state index is 5.42. The first-order valence-corrected chi connectivity index (χ1v) is 7.18. The normalized spacial score (nSPS) is 21.7. The van der Waals surface area contributed by atoms with Crippen LogP contribution < -0.4 is 5.32 Å². The summed E-state index contributed by atoms with van der Waals surface area (Å²) >= 11 is 0. The molecule has 0 saturated carbocycles.